The molecule has 1 atom stereocenters. The third-order valence-electron chi connectivity index (χ3n) is 6.28. The van der Waals surface area contributed by atoms with E-state index in [9.17, 15) is 14.4 Å². The molecule has 1 saturated heterocycles. The topological polar surface area (TPSA) is 84.9 Å². The number of amides is 2. The molecule has 1 heterocycles. The number of hydrogen-bond acceptors (Lipinski definition) is 5. The van der Waals surface area contributed by atoms with Crippen molar-refractivity contribution < 1.29 is 23.9 Å². The van der Waals surface area contributed by atoms with Gasteiger partial charge < -0.3 is 19.7 Å². The molecule has 0 bridgehead atoms. The lowest BCUT2D eigenvalue weighted by molar-refractivity contribution is -0.147. The fraction of sp³-hybridized carbons (Fsp3) is 0.300. The molecule has 1 N–H and O–H groups in total. The van der Waals surface area contributed by atoms with Crippen LogP contribution >= 0.6 is 0 Å². The average molecular weight is 501 g/mol. The summed E-state index contributed by atoms with van der Waals surface area (Å²) in [4.78, 5) is 40.2. The molecule has 1 unspecified atom stereocenters. The van der Waals surface area contributed by atoms with Crippen LogP contribution in [0.2, 0.25) is 0 Å². The number of carbonyl (C=O) groups excluding carboxylic acids is 3. The maximum absolute atomic E-state index is 13.5. The van der Waals surface area contributed by atoms with Gasteiger partial charge >= 0.3 is 5.97 Å². The summed E-state index contributed by atoms with van der Waals surface area (Å²) in [7, 11) is 0. The molecule has 4 rings (SSSR count). The van der Waals surface area contributed by atoms with Crippen LogP contribution in [0.4, 0.5) is 0 Å². The van der Waals surface area contributed by atoms with Crippen LogP contribution in [-0.2, 0) is 27.2 Å². The van der Waals surface area contributed by atoms with Crippen molar-refractivity contribution in [1.29, 1.82) is 0 Å². The summed E-state index contributed by atoms with van der Waals surface area (Å²) >= 11 is 0. The normalized spacial score (nSPS) is 15.1. The lowest BCUT2D eigenvalue weighted by Crippen LogP contribution is -2.57. The fourth-order valence-corrected chi connectivity index (χ4v) is 4.33. The van der Waals surface area contributed by atoms with Crippen molar-refractivity contribution >= 4 is 17.8 Å². The maximum Gasteiger partial charge on any atom is 0.308 e. The molecule has 1 fully saturated rings. The molecule has 7 nitrogen and oxygen atoms in total. The lowest BCUT2D eigenvalue weighted by atomic mass is 10.1. The first-order valence-corrected chi connectivity index (χ1v) is 12.7. The zero-order chi connectivity index (χ0) is 25.9. The van der Waals surface area contributed by atoms with Gasteiger partial charge in [0.05, 0.1) is 25.2 Å². The van der Waals surface area contributed by atoms with E-state index in [0.29, 0.717) is 43.9 Å². The zero-order valence-electron chi connectivity index (χ0n) is 20.8. The van der Waals surface area contributed by atoms with Crippen molar-refractivity contribution in [3.8, 4) is 5.75 Å². The second-order valence-electron chi connectivity index (χ2n) is 8.90. The van der Waals surface area contributed by atoms with E-state index in [1.54, 1.807) is 18.2 Å². The van der Waals surface area contributed by atoms with Gasteiger partial charge in [0.15, 0.2) is 0 Å². The fourth-order valence-electron chi connectivity index (χ4n) is 4.33. The van der Waals surface area contributed by atoms with Gasteiger partial charge in [0.25, 0.3) is 5.91 Å². The summed E-state index contributed by atoms with van der Waals surface area (Å²) in [6, 6.07) is 26.0. The number of ether oxygens (including phenoxy) is 2. The van der Waals surface area contributed by atoms with Crippen molar-refractivity contribution in [2.75, 3.05) is 26.3 Å². The number of carbonyl (C=O) groups is 3. The first-order valence-electron chi connectivity index (χ1n) is 12.7. The van der Waals surface area contributed by atoms with Crippen LogP contribution in [0.15, 0.2) is 84.9 Å². The highest BCUT2D eigenvalue weighted by Crippen LogP contribution is 2.23. The van der Waals surface area contributed by atoms with Crippen LogP contribution in [0.25, 0.3) is 0 Å². The summed E-state index contributed by atoms with van der Waals surface area (Å²) < 4.78 is 11.3. The average Bonchev–Trinajstić information content (AvgIpc) is 2.93. The second-order valence-corrected chi connectivity index (χ2v) is 8.90. The standard InChI is InChI=1S/C30H32N2O5/c33-28(37-20-9-14-23-10-3-1-4-11-23)22-26-29(34)31-18-19-32(26)30(35)25-15-7-8-16-27(25)36-21-17-24-12-5-2-6-13-24/h1-8,10-13,15-16,26H,9,14,17-22H2,(H,31,34). The van der Waals surface area contributed by atoms with E-state index in [2.05, 4.69) is 5.32 Å². The Labute approximate surface area is 217 Å². The number of piperazine rings is 1. The predicted molar refractivity (Wildman–Crippen MR) is 140 cm³/mol. The third kappa shape index (κ3) is 7.43. The SMILES string of the molecule is O=C(CC1C(=O)NCCN1C(=O)c1ccccc1OCCc1ccccc1)OCCCc1ccccc1. The van der Waals surface area contributed by atoms with Gasteiger partial charge in [-0.2, -0.15) is 0 Å². The minimum atomic E-state index is -0.930. The number of benzene rings is 3. The molecular weight excluding hydrogens is 468 g/mol. The molecule has 1 aliphatic heterocycles. The molecule has 3 aromatic carbocycles. The lowest BCUT2D eigenvalue weighted by Gasteiger charge is -2.34. The number of nitrogens with zero attached hydrogens (tertiary/aromatic N) is 1. The molecule has 0 spiro atoms. The monoisotopic (exact) mass is 500 g/mol. The van der Waals surface area contributed by atoms with Gasteiger partial charge in [0, 0.05) is 19.5 Å². The van der Waals surface area contributed by atoms with Gasteiger partial charge in [-0.25, -0.2) is 0 Å². The van der Waals surface area contributed by atoms with E-state index in [-0.39, 0.29) is 24.8 Å². The molecule has 0 saturated carbocycles. The molecule has 0 aromatic heterocycles. The summed E-state index contributed by atoms with van der Waals surface area (Å²) in [6.45, 7) is 1.29. The van der Waals surface area contributed by atoms with E-state index in [1.165, 1.54) is 10.5 Å². The largest absolute Gasteiger partial charge is 0.492 e. The minimum absolute atomic E-state index is 0.195. The number of hydrogen-bond donors (Lipinski definition) is 1. The first-order chi connectivity index (χ1) is 18.1. The van der Waals surface area contributed by atoms with E-state index in [1.807, 2.05) is 66.7 Å². The first kappa shape index (κ1) is 25.9. The molecule has 0 aliphatic carbocycles. The van der Waals surface area contributed by atoms with Gasteiger partial charge in [-0.15, -0.1) is 0 Å². The van der Waals surface area contributed by atoms with Crippen molar-refractivity contribution in [1.82, 2.24) is 10.2 Å². The van der Waals surface area contributed by atoms with Gasteiger partial charge in [0.2, 0.25) is 5.91 Å². The Kier molecular flexibility index (Phi) is 9.29. The van der Waals surface area contributed by atoms with E-state index < -0.39 is 12.0 Å². The highest BCUT2D eigenvalue weighted by atomic mass is 16.5. The molecule has 1 aliphatic rings. The Morgan fingerprint density at radius 1 is 0.838 bits per heavy atom. The third-order valence-corrected chi connectivity index (χ3v) is 6.28. The van der Waals surface area contributed by atoms with Crippen LogP contribution in [0.1, 0.15) is 34.3 Å². The quantitative estimate of drug-likeness (QED) is 0.320. The number of esters is 1. The number of nitrogens with one attached hydrogen (secondary N) is 1. The minimum Gasteiger partial charge on any atom is -0.492 e. The van der Waals surface area contributed by atoms with Crippen molar-refractivity contribution in [2.45, 2.75) is 31.7 Å². The molecular formula is C30H32N2O5. The molecule has 0 radical (unpaired) electrons. The Bertz CT molecular complexity index is 1180. The van der Waals surface area contributed by atoms with Crippen LogP contribution in [-0.4, -0.2) is 55.0 Å². The summed E-state index contributed by atoms with van der Waals surface area (Å²) in [6.07, 6.45) is 1.99. The summed E-state index contributed by atoms with van der Waals surface area (Å²) in [5.74, 6) is -0.743. The van der Waals surface area contributed by atoms with Crippen LogP contribution in [0.5, 0.6) is 5.75 Å². The van der Waals surface area contributed by atoms with Crippen LogP contribution in [0, 0.1) is 0 Å². The molecule has 3 aromatic rings. The molecule has 2 amide bonds. The maximum atomic E-state index is 13.5. The Morgan fingerprint density at radius 2 is 1.49 bits per heavy atom. The Balaban J connectivity index is 1.34. The van der Waals surface area contributed by atoms with Crippen molar-refractivity contribution in [3.63, 3.8) is 0 Å². The molecule has 37 heavy (non-hydrogen) atoms. The smallest absolute Gasteiger partial charge is 0.308 e. The van der Waals surface area contributed by atoms with Gasteiger partial charge in [-0.05, 0) is 36.1 Å². The van der Waals surface area contributed by atoms with E-state index >= 15 is 0 Å². The Hall–Kier alpha value is -4.13. The predicted octanol–water partition coefficient (Wildman–Crippen LogP) is 3.81. The zero-order valence-corrected chi connectivity index (χ0v) is 20.8. The number of para-hydroxylation sites is 1. The van der Waals surface area contributed by atoms with Crippen molar-refractivity contribution in [2.24, 2.45) is 0 Å². The van der Waals surface area contributed by atoms with Gasteiger partial charge in [0.1, 0.15) is 11.8 Å². The van der Waals surface area contributed by atoms with Gasteiger partial charge in [-0.1, -0.05) is 72.8 Å². The molecule has 7 heteroatoms. The van der Waals surface area contributed by atoms with E-state index in [0.717, 1.165) is 12.0 Å². The second kappa shape index (κ2) is 13.3. The van der Waals surface area contributed by atoms with Crippen LogP contribution in [0.3, 0.4) is 0 Å². The number of rotatable bonds is 11. The molecule has 192 valence electrons. The van der Waals surface area contributed by atoms with Crippen LogP contribution < -0.4 is 10.1 Å². The summed E-state index contributed by atoms with van der Waals surface area (Å²) in [5, 5.41) is 2.76. The Morgan fingerprint density at radius 3 is 2.22 bits per heavy atom. The highest BCUT2D eigenvalue weighted by Gasteiger charge is 2.36. The van der Waals surface area contributed by atoms with Crippen molar-refractivity contribution in [3.05, 3.63) is 102 Å². The van der Waals surface area contributed by atoms with E-state index in [4.69, 9.17) is 9.47 Å². The van der Waals surface area contributed by atoms with Gasteiger partial charge in [-0.3, -0.25) is 14.4 Å². The number of aryl methyl sites for hydroxylation is 1. The summed E-state index contributed by atoms with van der Waals surface area (Å²) in [5.41, 5.74) is 2.68. The highest BCUT2D eigenvalue weighted by molar-refractivity contribution is 6.01.